The van der Waals surface area contributed by atoms with Crippen LogP contribution in [0, 0.1) is 17.8 Å². The van der Waals surface area contributed by atoms with Crippen LogP contribution in [-0.2, 0) is 0 Å². The first-order chi connectivity index (χ1) is 6.65. The van der Waals surface area contributed by atoms with Crippen molar-refractivity contribution in [2.75, 3.05) is 0 Å². The van der Waals surface area contributed by atoms with Gasteiger partial charge in [-0.05, 0) is 17.8 Å². The molecule has 86 valence electrons. The van der Waals surface area contributed by atoms with Gasteiger partial charge in [0, 0.05) is 0 Å². The van der Waals surface area contributed by atoms with Gasteiger partial charge in [0.1, 0.15) is 0 Å². The molecular formula is C14H30. The molecule has 0 saturated carbocycles. The Kier molecular flexibility index (Phi) is 8.32. The summed E-state index contributed by atoms with van der Waals surface area (Å²) < 4.78 is 0. The van der Waals surface area contributed by atoms with E-state index in [1.807, 2.05) is 0 Å². The molecule has 0 heteroatoms. The van der Waals surface area contributed by atoms with Gasteiger partial charge in [0.15, 0.2) is 0 Å². The highest BCUT2D eigenvalue weighted by atomic mass is 14.2. The third-order valence-electron chi connectivity index (χ3n) is 3.60. The van der Waals surface area contributed by atoms with Crippen molar-refractivity contribution >= 4 is 0 Å². The average molecular weight is 198 g/mol. The van der Waals surface area contributed by atoms with Crippen molar-refractivity contribution in [1.29, 1.82) is 0 Å². The van der Waals surface area contributed by atoms with Crippen molar-refractivity contribution in [3.63, 3.8) is 0 Å². The van der Waals surface area contributed by atoms with E-state index in [1.54, 1.807) is 0 Å². The van der Waals surface area contributed by atoms with E-state index in [-0.39, 0.29) is 0 Å². The predicted octanol–water partition coefficient (Wildman–Crippen LogP) is 5.28. The summed E-state index contributed by atoms with van der Waals surface area (Å²) in [4.78, 5) is 0. The highest BCUT2D eigenvalue weighted by molar-refractivity contribution is 4.67. The summed E-state index contributed by atoms with van der Waals surface area (Å²) in [7, 11) is 0. The Morgan fingerprint density at radius 3 is 1.57 bits per heavy atom. The van der Waals surface area contributed by atoms with Gasteiger partial charge in [-0.25, -0.2) is 0 Å². The van der Waals surface area contributed by atoms with Crippen LogP contribution in [0.1, 0.15) is 73.1 Å². The largest absolute Gasteiger partial charge is 0.0651 e. The van der Waals surface area contributed by atoms with Crippen molar-refractivity contribution in [2.45, 2.75) is 73.1 Å². The maximum absolute atomic E-state index is 2.36. The smallest absolute Gasteiger partial charge is 0.0389 e. The van der Waals surface area contributed by atoms with E-state index >= 15 is 0 Å². The molecule has 1 unspecified atom stereocenters. The lowest BCUT2D eigenvalue weighted by molar-refractivity contribution is 0.275. The summed E-state index contributed by atoms with van der Waals surface area (Å²) in [6, 6.07) is 0. The quantitative estimate of drug-likeness (QED) is 0.498. The van der Waals surface area contributed by atoms with Gasteiger partial charge < -0.3 is 0 Å². The second kappa shape index (κ2) is 8.32. The SMILES string of the molecule is CCC(CC)C(CC)CCCC(C)C. The highest BCUT2D eigenvalue weighted by Gasteiger charge is 2.15. The molecule has 0 amide bonds. The zero-order valence-corrected chi connectivity index (χ0v) is 11.0. The lowest BCUT2D eigenvalue weighted by atomic mass is 9.82. The first-order valence-electron chi connectivity index (χ1n) is 6.65. The predicted molar refractivity (Wildman–Crippen MR) is 66.5 cm³/mol. The molecular weight excluding hydrogens is 168 g/mol. The Morgan fingerprint density at radius 1 is 0.714 bits per heavy atom. The van der Waals surface area contributed by atoms with Gasteiger partial charge in [0.25, 0.3) is 0 Å². The van der Waals surface area contributed by atoms with Gasteiger partial charge >= 0.3 is 0 Å². The molecule has 0 aromatic rings. The lowest BCUT2D eigenvalue weighted by Crippen LogP contribution is -2.12. The minimum absolute atomic E-state index is 0.884. The van der Waals surface area contributed by atoms with E-state index in [1.165, 1.54) is 38.5 Å². The fourth-order valence-electron chi connectivity index (χ4n) is 2.52. The summed E-state index contributed by atoms with van der Waals surface area (Å²) in [6.07, 6.45) is 8.43. The Labute approximate surface area is 91.5 Å². The van der Waals surface area contributed by atoms with Crippen LogP contribution >= 0.6 is 0 Å². The van der Waals surface area contributed by atoms with Crippen molar-refractivity contribution in [3.05, 3.63) is 0 Å². The number of rotatable bonds is 8. The Hall–Kier alpha value is 0. The number of hydrogen-bond acceptors (Lipinski definition) is 0. The molecule has 0 aromatic carbocycles. The molecule has 0 fully saturated rings. The van der Waals surface area contributed by atoms with Crippen LogP contribution in [0.3, 0.4) is 0 Å². The van der Waals surface area contributed by atoms with Crippen molar-refractivity contribution in [1.82, 2.24) is 0 Å². The second-order valence-electron chi connectivity index (χ2n) is 5.07. The molecule has 0 aromatic heterocycles. The molecule has 0 bridgehead atoms. The van der Waals surface area contributed by atoms with Gasteiger partial charge in [0.05, 0.1) is 0 Å². The molecule has 0 N–H and O–H groups in total. The Morgan fingerprint density at radius 2 is 1.21 bits per heavy atom. The monoisotopic (exact) mass is 198 g/mol. The third-order valence-corrected chi connectivity index (χ3v) is 3.60. The fraction of sp³-hybridized carbons (Fsp3) is 1.00. The minimum atomic E-state index is 0.884. The molecule has 1 atom stereocenters. The molecule has 0 radical (unpaired) electrons. The topological polar surface area (TPSA) is 0 Å². The van der Waals surface area contributed by atoms with Crippen LogP contribution in [0.15, 0.2) is 0 Å². The zero-order chi connectivity index (χ0) is 11.0. The summed E-state index contributed by atoms with van der Waals surface area (Å²) in [5.41, 5.74) is 0. The molecule has 0 nitrogen and oxygen atoms in total. The maximum Gasteiger partial charge on any atom is -0.0389 e. The van der Waals surface area contributed by atoms with E-state index in [4.69, 9.17) is 0 Å². The molecule has 0 heterocycles. The van der Waals surface area contributed by atoms with Gasteiger partial charge in [-0.2, -0.15) is 0 Å². The summed E-state index contributed by atoms with van der Waals surface area (Å²) in [6.45, 7) is 11.7. The van der Waals surface area contributed by atoms with Gasteiger partial charge in [0.2, 0.25) is 0 Å². The van der Waals surface area contributed by atoms with Crippen LogP contribution in [0.2, 0.25) is 0 Å². The van der Waals surface area contributed by atoms with E-state index in [2.05, 4.69) is 34.6 Å². The van der Waals surface area contributed by atoms with E-state index < -0.39 is 0 Å². The molecule has 14 heavy (non-hydrogen) atoms. The zero-order valence-electron chi connectivity index (χ0n) is 11.0. The van der Waals surface area contributed by atoms with Gasteiger partial charge in [-0.15, -0.1) is 0 Å². The van der Waals surface area contributed by atoms with Crippen molar-refractivity contribution < 1.29 is 0 Å². The molecule has 0 spiro atoms. The van der Waals surface area contributed by atoms with Gasteiger partial charge in [-0.3, -0.25) is 0 Å². The van der Waals surface area contributed by atoms with Crippen molar-refractivity contribution in [2.24, 2.45) is 17.8 Å². The molecule has 0 saturated heterocycles. The van der Waals surface area contributed by atoms with Crippen LogP contribution in [0.5, 0.6) is 0 Å². The summed E-state index contributed by atoms with van der Waals surface area (Å²) in [5.74, 6) is 2.85. The van der Waals surface area contributed by atoms with Crippen LogP contribution in [0.25, 0.3) is 0 Å². The average Bonchev–Trinajstić information content (AvgIpc) is 2.16. The fourth-order valence-corrected chi connectivity index (χ4v) is 2.52. The van der Waals surface area contributed by atoms with Crippen molar-refractivity contribution in [3.8, 4) is 0 Å². The Balaban J connectivity index is 3.77. The second-order valence-corrected chi connectivity index (χ2v) is 5.07. The van der Waals surface area contributed by atoms with E-state index in [9.17, 15) is 0 Å². The lowest BCUT2D eigenvalue weighted by Gasteiger charge is -2.24. The molecule has 0 aliphatic rings. The Bertz CT molecular complexity index is 111. The standard InChI is InChI=1S/C14H30/c1-6-13(7-2)14(8-3)11-9-10-12(4)5/h12-14H,6-11H2,1-5H3. The summed E-state index contributed by atoms with van der Waals surface area (Å²) in [5, 5.41) is 0. The minimum Gasteiger partial charge on any atom is -0.0651 e. The number of hydrogen-bond donors (Lipinski definition) is 0. The summed E-state index contributed by atoms with van der Waals surface area (Å²) >= 11 is 0. The van der Waals surface area contributed by atoms with Crippen LogP contribution < -0.4 is 0 Å². The van der Waals surface area contributed by atoms with E-state index in [0.29, 0.717) is 0 Å². The highest BCUT2D eigenvalue weighted by Crippen LogP contribution is 2.27. The normalized spacial score (nSPS) is 13.9. The third kappa shape index (κ3) is 5.67. The van der Waals surface area contributed by atoms with Crippen LogP contribution in [0.4, 0.5) is 0 Å². The van der Waals surface area contributed by atoms with E-state index in [0.717, 1.165) is 17.8 Å². The maximum atomic E-state index is 2.36. The van der Waals surface area contributed by atoms with Gasteiger partial charge in [-0.1, -0.05) is 73.1 Å². The molecule has 0 aliphatic heterocycles. The first kappa shape index (κ1) is 14.0. The first-order valence-corrected chi connectivity index (χ1v) is 6.65. The molecule has 0 rings (SSSR count). The van der Waals surface area contributed by atoms with Crippen LogP contribution in [-0.4, -0.2) is 0 Å². The molecule has 0 aliphatic carbocycles.